The SMILES string of the molecule is CC[C@H](C)NC(=O)[C@@H](C)N(Cc1cccc(OC)c1)C(=O)Cc1ccc(Cl)c(Cl)c1. The van der Waals surface area contributed by atoms with E-state index in [1.54, 1.807) is 37.1 Å². The molecule has 0 bridgehead atoms. The summed E-state index contributed by atoms with van der Waals surface area (Å²) in [4.78, 5) is 27.5. The molecule has 2 rings (SSSR count). The molecule has 0 aliphatic carbocycles. The summed E-state index contributed by atoms with van der Waals surface area (Å²) < 4.78 is 5.28. The van der Waals surface area contributed by atoms with Crippen LogP contribution in [0.1, 0.15) is 38.3 Å². The van der Waals surface area contributed by atoms with Gasteiger partial charge in [0.2, 0.25) is 11.8 Å². The Kier molecular flexibility index (Phi) is 9.00. The molecule has 2 aromatic rings. The number of carbonyl (C=O) groups excluding carboxylic acids is 2. The van der Waals surface area contributed by atoms with Gasteiger partial charge in [-0.25, -0.2) is 0 Å². The topological polar surface area (TPSA) is 58.6 Å². The van der Waals surface area contributed by atoms with Crippen LogP contribution in [0.15, 0.2) is 42.5 Å². The third kappa shape index (κ3) is 6.64. The largest absolute Gasteiger partial charge is 0.497 e. The second-order valence-electron chi connectivity index (χ2n) is 7.29. The zero-order valence-electron chi connectivity index (χ0n) is 17.7. The first-order valence-electron chi connectivity index (χ1n) is 9.91. The van der Waals surface area contributed by atoms with Crippen molar-refractivity contribution in [1.82, 2.24) is 10.2 Å². The van der Waals surface area contributed by atoms with E-state index in [-0.39, 0.29) is 30.8 Å². The second kappa shape index (κ2) is 11.2. The lowest BCUT2D eigenvalue weighted by Gasteiger charge is -2.30. The van der Waals surface area contributed by atoms with Crippen LogP contribution in [0.25, 0.3) is 0 Å². The molecule has 0 saturated carbocycles. The minimum absolute atomic E-state index is 0.0313. The number of methoxy groups -OCH3 is 1. The minimum atomic E-state index is -0.638. The van der Waals surface area contributed by atoms with E-state index >= 15 is 0 Å². The van der Waals surface area contributed by atoms with Gasteiger partial charge >= 0.3 is 0 Å². The smallest absolute Gasteiger partial charge is 0.242 e. The summed E-state index contributed by atoms with van der Waals surface area (Å²) in [5.41, 5.74) is 1.61. The highest BCUT2D eigenvalue weighted by Gasteiger charge is 2.27. The molecule has 162 valence electrons. The van der Waals surface area contributed by atoms with Crippen molar-refractivity contribution in [1.29, 1.82) is 0 Å². The molecule has 0 spiro atoms. The third-order valence-corrected chi connectivity index (χ3v) is 5.73. The average Bonchev–Trinajstić information content (AvgIpc) is 2.74. The molecule has 0 saturated heterocycles. The fourth-order valence-electron chi connectivity index (χ4n) is 2.94. The van der Waals surface area contributed by atoms with Crippen LogP contribution < -0.4 is 10.1 Å². The molecule has 2 amide bonds. The Balaban J connectivity index is 2.27. The summed E-state index contributed by atoms with van der Waals surface area (Å²) in [7, 11) is 1.59. The lowest BCUT2D eigenvalue weighted by molar-refractivity contribution is -0.140. The number of amides is 2. The van der Waals surface area contributed by atoms with Gasteiger partial charge in [-0.05, 0) is 55.7 Å². The zero-order valence-corrected chi connectivity index (χ0v) is 19.3. The highest BCUT2D eigenvalue weighted by atomic mass is 35.5. The van der Waals surface area contributed by atoms with E-state index in [0.717, 1.165) is 17.5 Å². The molecule has 0 fully saturated rings. The Labute approximate surface area is 188 Å². The number of nitrogens with zero attached hydrogens (tertiary/aromatic N) is 1. The first-order chi connectivity index (χ1) is 14.2. The van der Waals surface area contributed by atoms with Gasteiger partial charge in [0.05, 0.1) is 23.6 Å². The lowest BCUT2D eigenvalue weighted by atomic mass is 10.1. The van der Waals surface area contributed by atoms with Gasteiger partial charge in [0.25, 0.3) is 0 Å². The summed E-state index contributed by atoms with van der Waals surface area (Å²) in [6, 6.07) is 12.0. The number of nitrogens with one attached hydrogen (secondary N) is 1. The highest BCUT2D eigenvalue weighted by Crippen LogP contribution is 2.24. The number of ether oxygens (including phenoxy) is 1. The molecule has 5 nitrogen and oxygen atoms in total. The van der Waals surface area contributed by atoms with Crippen molar-refractivity contribution in [3.63, 3.8) is 0 Å². The fourth-order valence-corrected chi connectivity index (χ4v) is 3.26. The summed E-state index contributed by atoms with van der Waals surface area (Å²) in [6.45, 7) is 5.96. The van der Waals surface area contributed by atoms with Crippen molar-refractivity contribution in [3.05, 3.63) is 63.6 Å². The standard InChI is InChI=1S/C23H28Cl2N2O3/c1-5-15(2)26-23(29)16(3)27(14-18-7-6-8-19(11-18)30-4)22(28)13-17-9-10-20(24)21(25)12-17/h6-12,15-16H,5,13-14H2,1-4H3,(H,26,29)/t15-,16+/m0/s1. The number of halogens is 2. The van der Waals surface area contributed by atoms with Crippen molar-refractivity contribution in [3.8, 4) is 5.75 Å². The quantitative estimate of drug-likeness (QED) is 0.592. The van der Waals surface area contributed by atoms with Crippen LogP contribution in [0.5, 0.6) is 5.75 Å². The van der Waals surface area contributed by atoms with Gasteiger partial charge in [-0.1, -0.05) is 48.3 Å². The number of benzene rings is 2. The molecule has 0 aromatic heterocycles. The molecule has 2 aromatic carbocycles. The predicted octanol–water partition coefficient (Wildman–Crippen LogP) is 4.88. The van der Waals surface area contributed by atoms with E-state index in [2.05, 4.69) is 5.32 Å². The number of hydrogen-bond donors (Lipinski definition) is 1. The predicted molar refractivity (Wildman–Crippen MR) is 121 cm³/mol. The van der Waals surface area contributed by atoms with Crippen LogP contribution in [-0.2, 0) is 22.6 Å². The van der Waals surface area contributed by atoms with Gasteiger partial charge in [0, 0.05) is 12.6 Å². The first-order valence-corrected chi connectivity index (χ1v) is 10.7. The molecule has 2 atom stereocenters. The Morgan fingerprint density at radius 1 is 1.07 bits per heavy atom. The van der Waals surface area contributed by atoms with Crippen LogP contribution in [0, 0.1) is 0 Å². The van der Waals surface area contributed by atoms with E-state index in [9.17, 15) is 9.59 Å². The monoisotopic (exact) mass is 450 g/mol. The number of hydrogen-bond acceptors (Lipinski definition) is 3. The van der Waals surface area contributed by atoms with E-state index in [1.165, 1.54) is 0 Å². The van der Waals surface area contributed by atoms with Crippen LogP contribution in [-0.4, -0.2) is 35.9 Å². The number of carbonyl (C=O) groups is 2. The van der Waals surface area contributed by atoms with Crippen molar-refractivity contribution in [2.45, 2.75) is 52.2 Å². The molecule has 0 radical (unpaired) electrons. The van der Waals surface area contributed by atoms with Gasteiger partial charge in [-0.15, -0.1) is 0 Å². The summed E-state index contributed by atoms with van der Waals surface area (Å²) >= 11 is 12.1. The molecular formula is C23H28Cl2N2O3. The van der Waals surface area contributed by atoms with Crippen molar-refractivity contribution in [2.24, 2.45) is 0 Å². The number of rotatable bonds is 9. The third-order valence-electron chi connectivity index (χ3n) is 4.99. The molecule has 0 aliphatic rings. The van der Waals surface area contributed by atoms with Crippen LogP contribution in [0.4, 0.5) is 0 Å². The van der Waals surface area contributed by atoms with Crippen molar-refractivity contribution < 1.29 is 14.3 Å². The molecular weight excluding hydrogens is 423 g/mol. The molecule has 1 N–H and O–H groups in total. The zero-order chi connectivity index (χ0) is 22.3. The van der Waals surface area contributed by atoms with E-state index in [0.29, 0.717) is 15.8 Å². The Morgan fingerprint density at radius 3 is 2.43 bits per heavy atom. The molecule has 7 heteroatoms. The van der Waals surface area contributed by atoms with Gasteiger partial charge < -0.3 is 15.0 Å². The average molecular weight is 451 g/mol. The lowest BCUT2D eigenvalue weighted by Crippen LogP contribution is -2.49. The van der Waals surface area contributed by atoms with E-state index < -0.39 is 6.04 Å². The van der Waals surface area contributed by atoms with Gasteiger partial charge in [0.1, 0.15) is 11.8 Å². The minimum Gasteiger partial charge on any atom is -0.497 e. The normalized spacial score (nSPS) is 12.7. The Hall–Kier alpha value is -2.24. The van der Waals surface area contributed by atoms with Gasteiger partial charge in [-0.2, -0.15) is 0 Å². The Bertz CT molecular complexity index is 889. The van der Waals surface area contributed by atoms with Crippen molar-refractivity contribution >= 4 is 35.0 Å². The van der Waals surface area contributed by atoms with Gasteiger partial charge in [0.15, 0.2) is 0 Å². The molecule has 30 heavy (non-hydrogen) atoms. The second-order valence-corrected chi connectivity index (χ2v) is 8.11. The Morgan fingerprint density at radius 2 is 1.80 bits per heavy atom. The molecule has 0 unspecified atom stereocenters. The molecule has 0 aliphatic heterocycles. The van der Waals surface area contributed by atoms with Gasteiger partial charge in [-0.3, -0.25) is 9.59 Å². The summed E-state index contributed by atoms with van der Waals surface area (Å²) in [5.74, 6) is 0.332. The first kappa shape index (κ1) is 24.0. The summed E-state index contributed by atoms with van der Waals surface area (Å²) in [6.07, 6.45) is 0.924. The maximum atomic E-state index is 13.2. The maximum Gasteiger partial charge on any atom is 0.242 e. The maximum absolute atomic E-state index is 13.2. The van der Waals surface area contributed by atoms with Crippen LogP contribution in [0.2, 0.25) is 10.0 Å². The van der Waals surface area contributed by atoms with Crippen molar-refractivity contribution in [2.75, 3.05) is 7.11 Å². The van der Waals surface area contributed by atoms with Crippen LogP contribution >= 0.6 is 23.2 Å². The summed E-state index contributed by atoms with van der Waals surface area (Å²) in [5, 5.41) is 3.78. The van der Waals surface area contributed by atoms with Crippen LogP contribution in [0.3, 0.4) is 0 Å². The van der Waals surface area contributed by atoms with E-state index in [1.807, 2.05) is 38.1 Å². The highest BCUT2D eigenvalue weighted by molar-refractivity contribution is 6.42. The molecule has 0 heterocycles. The fraction of sp³-hybridized carbons (Fsp3) is 0.391. The van der Waals surface area contributed by atoms with E-state index in [4.69, 9.17) is 27.9 Å².